The van der Waals surface area contributed by atoms with Gasteiger partial charge in [-0.05, 0) is 12.2 Å². The van der Waals surface area contributed by atoms with Crippen LogP contribution in [-0.4, -0.2) is 39.7 Å². The number of anilines is 2. The molecule has 5 N–H and O–H groups in total. The van der Waals surface area contributed by atoms with Crippen molar-refractivity contribution in [3.8, 4) is 0 Å². The van der Waals surface area contributed by atoms with Gasteiger partial charge < -0.3 is 10.4 Å². The van der Waals surface area contributed by atoms with Gasteiger partial charge in [0.05, 0.1) is 0 Å². The summed E-state index contributed by atoms with van der Waals surface area (Å²) in [5.74, 6) is 6.29. The van der Waals surface area contributed by atoms with Crippen LogP contribution in [0.2, 0.25) is 0 Å². The van der Waals surface area contributed by atoms with E-state index in [9.17, 15) is 13.2 Å². The molecule has 20 heavy (non-hydrogen) atoms. The van der Waals surface area contributed by atoms with Crippen LogP contribution in [0.1, 0.15) is 12.1 Å². The van der Waals surface area contributed by atoms with Crippen LogP contribution in [0.15, 0.2) is 6.07 Å². The summed E-state index contributed by atoms with van der Waals surface area (Å²) in [4.78, 5) is 7.04. The number of hydrogen-bond acceptors (Lipinski definition) is 7. The predicted molar refractivity (Wildman–Crippen MR) is 72.4 cm³/mol. The average Bonchev–Trinajstić information content (AvgIpc) is 2.41. The van der Waals surface area contributed by atoms with Gasteiger partial charge in [-0.2, -0.15) is 29.9 Å². The first kappa shape index (κ1) is 16.8. The molecule has 6 nitrogen and oxygen atoms in total. The van der Waals surface area contributed by atoms with E-state index in [2.05, 4.69) is 15.3 Å². The molecule has 0 atom stereocenters. The number of aromatic nitrogens is 2. The van der Waals surface area contributed by atoms with E-state index in [-0.39, 0.29) is 18.4 Å². The summed E-state index contributed by atoms with van der Waals surface area (Å²) in [7, 11) is 0. The highest BCUT2D eigenvalue weighted by atomic mass is 32.2. The van der Waals surface area contributed by atoms with E-state index >= 15 is 0 Å². The lowest BCUT2D eigenvalue weighted by atomic mass is 10.4. The maximum Gasteiger partial charge on any atom is 0.433 e. The largest absolute Gasteiger partial charge is 0.433 e. The van der Waals surface area contributed by atoms with Crippen molar-refractivity contribution >= 4 is 23.5 Å². The summed E-state index contributed by atoms with van der Waals surface area (Å²) in [5.41, 5.74) is 0.944. The molecule has 0 spiro atoms. The summed E-state index contributed by atoms with van der Waals surface area (Å²) >= 11 is 1.59. The monoisotopic (exact) mass is 311 g/mol. The van der Waals surface area contributed by atoms with E-state index in [4.69, 9.17) is 10.9 Å². The molecule has 0 aromatic carbocycles. The van der Waals surface area contributed by atoms with E-state index in [1.54, 1.807) is 11.8 Å². The van der Waals surface area contributed by atoms with Crippen LogP contribution < -0.4 is 16.6 Å². The summed E-state index contributed by atoms with van der Waals surface area (Å²) in [6.45, 7) is 0.585. The molecule has 0 aliphatic carbocycles. The Bertz CT molecular complexity index is 418. The zero-order valence-corrected chi connectivity index (χ0v) is 11.4. The molecule has 0 radical (unpaired) electrons. The summed E-state index contributed by atoms with van der Waals surface area (Å²) in [6, 6.07) is 0.833. The van der Waals surface area contributed by atoms with E-state index in [0.29, 0.717) is 18.7 Å². The van der Waals surface area contributed by atoms with Crippen molar-refractivity contribution in [2.24, 2.45) is 5.84 Å². The minimum atomic E-state index is -4.55. The van der Waals surface area contributed by atoms with E-state index in [1.807, 2.05) is 5.43 Å². The highest BCUT2D eigenvalue weighted by molar-refractivity contribution is 7.99. The normalized spacial score (nSPS) is 11.4. The molecule has 0 aliphatic rings. The van der Waals surface area contributed by atoms with Crippen molar-refractivity contribution in [2.45, 2.75) is 12.6 Å². The average molecular weight is 311 g/mol. The molecule has 1 aromatic rings. The lowest BCUT2D eigenvalue weighted by Gasteiger charge is -2.11. The summed E-state index contributed by atoms with van der Waals surface area (Å²) in [5, 5.41) is 11.4. The molecule has 0 aliphatic heterocycles. The first-order valence-corrected chi connectivity index (χ1v) is 6.98. The maximum atomic E-state index is 12.6. The highest BCUT2D eigenvalue weighted by Gasteiger charge is 2.33. The number of nitrogen functional groups attached to an aromatic ring is 1. The fourth-order valence-electron chi connectivity index (χ4n) is 1.27. The van der Waals surface area contributed by atoms with Crippen molar-refractivity contribution in [3.05, 3.63) is 11.8 Å². The number of aliphatic hydroxyl groups is 1. The van der Waals surface area contributed by atoms with Gasteiger partial charge in [0.2, 0.25) is 5.95 Å². The molecule has 0 bridgehead atoms. The maximum absolute atomic E-state index is 12.6. The SMILES string of the molecule is NNc1nc(NCCSCCCO)cc(C(F)(F)F)n1. The van der Waals surface area contributed by atoms with E-state index in [1.165, 1.54) is 0 Å². The highest BCUT2D eigenvalue weighted by Crippen LogP contribution is 2.29. The molecule has 1 aromatic heterocycles. The Hall–Kier alpha value is -1.26. The van der Waals surface area contributed by atoms with Gasteiger partial charge in [0.1, 0.15) is 5.82 Å². The Labute approximate surface area is 118 Å². The summed E-state index contributed by atoms with van der Waals surface area (Å²) < 4.78 is 37.8. The van der Waals surface area contributed by atoms with Crippen LogP contribution >= 0.6 is 11.8 Å². The second-order valence-electron chi connectivity index (χ2n) is 3.72. The van der Waals surface area contributed by atoms with Gasteiger partial charge in [-0.25, -0.2) is 10.8 Å². The fraction of sp³-hybridized carbons (Fsp3) is 0.600. The number of rotatable bonds is 8. The van der Waals surface area contributed by atoms with Crippen LogP contribution in [-0.2, 0) is 6.18 Å². The minimum Gasteiger partial charge on any atom is -0.396 e. The van der Waals surface area contributed by atoms with Crippen LogP contribution in [0.25, 0.3) is 0 Å². The van der Waals surface area contributed by atoms with Crippen LogP contribution in [0.5, 0.6) is 0 Å². The lowest BCUT2D eigenvalue weighted by Crippen LogP contribution is -2.17. The Morgan fingerprint density at radius 3 is 2.65 bits per heavy atom. The standard InChI is InChI=1S/C10H16F3N5OS/c11-10(12,13)7-6-8(17-9(16-7)18-14)15-2-5-20-4-1-3-19/h6,19H,1-5,14H2,(H2,15,16,17,18). The predicted octanol–water partition coefficient (Wildman–Crippen LogP) is 1.31. The van der Waals surface area contributed by atoms with Gasteiger partial charge in [0.15, 0.2) is 5.69 Å². The number of nitrogens with two attached hydrogens (primary N) is 1. The van der Waals surface area contributed by atoms with Crippen molar-refractivity contribution < 1.29 is 18.3 Å². The number of alkyl halides is 3. The summed E-state index contributed by atoms with van der Waals surface area (Å²) in [6.07, 6.45) is -3.86. The van der Waals surface area contributed by atoms with Crippen molar-refractivity contribution in [3.63, 3.8) is 0 Å². The third-order valence-electron chi connectivity index (χ3n) is 2.14. The molecule has 0 amide bonds. The first-order chi connectivity index (χ1) is 9.47. The number of nitrogens with one attached hydrogen (secondary N) is 2. The van der Waals surface area contributed by atoms with Gasteiger partial charge in [-0.15, -0.1) is 0 Å². The van der Waals surface area contributed by atoms with Crippen molar-refractivity contribution in [1.29, 1.82) is 0 Å². The van der Waals surface area contributed by atoms with Crippen LogP contribution in [0, 0.1) is 0 Å². The zero-order chi connectivity index (χ0) is 15.0. The molecular weight excluding hydrogens is 295 g/mol. The minimum absolute atomic E-state index is 0.0584. The van der Waals surface area contributed by atoms with Crippen molar-refractivity contribution in [2.75, 3.05) is 35.4 Å². The van der Waals surface area contributed by atoms with Gasteiger partial charge in [-0.3, -0.25) is 5.43 Å². The Morgan fingerprint density at radius 1 is 1.30 bits per heavy atom. The molecule has 0 saturated carbocycles. The number of thioether (sulfide) groups is 1. The van der Waals surface area contributed by atoms with Crippen LogP contribution in [0.3, 0.4) is 0 Å². The molecule has 1 heterocycles. The molecule has 0 saturated heterocycles. The zero-order valence-electron chi connectivity index (χ0n) is 10.6. The van der Waals surface area contributed by atoms with Gasteiger partial charge in [-0.1, -0.05) is 0 Å². The number of halogens is 3. The van der Waals surface area contributed by atoms with Crippen molar-refractivity contribution in [1.82, 2.24) is 9.97 Å². The molecule has 0 unspecified atom stereocenters. The molecule has 0 fully saturated rings. The quantitative estimate of drug-likeness (QED) is 0.326. The number of aliphatic hydroxyl groups excluding tert-OH is 1. The van der Waals surface area contributed by atoms with Gasteiger partial charge >= 0.3 is 6.18 Å². The third-order valence-corrected chi connectivity index (χ3v) is 3.22. The molecule has 1 rings (SSSR count). The number of hydrogen-bond donors (Lipinski definition) is 4. The molecule has 114 valence electrons. The number of hydrazine groups is 1. The third kappa shape index (κ3) is 5.80. The van der Waals surface area contributed by atoms with Crippen LogP contribution in [0.4, 0.5) is 24.9 Å². The van der Waals surface area contributed by atoms with Gasteiger partial charge in [0.25, 0.3) is 0 Å². The molecule has 10 heteroatoms. The van der Waals surface area contributed by atoms with Gasteiger partial charge in [0, 0.05) is 25.0 Å². The number of nitrogens with zero attached hydrogens (tertiary/aromatic N) is 2. The Balaban J connectivity index is 2.56. The Morgan fingerprint density at radius 2 is 2.05 bits per heavy atom. The first-order valence-electron chi connectivity index (χ1n) is 5.82. The molecular formula is C10H16F3N5OS. The van der Waals surface area contributed by atoms with E-state index < -0.39 is 11.9 Å². The Kier molecular flexibility index (Phi) is 6.82. The smallest absolute Gasteiger partial charge is 0.396 e. The van der Waals surface area contributed by atoms with E-state index in [0.717, 1.165) is 11.8 Å². The fourth-order valence-corrected chi connectivity index (χ4v) is 2.05. The second-order valence-corrected chi connectivity index (χ2v) is 4.95. The lowest BCUT2D eigenvalue weighted by molar-refractivity contribution is -0.141. The topological polar surface area (TPSA) is 96.1 Å². The second kappa shape index (κ2) is 8.12.